The summed E-state index contributed by atoms with van der Waals surface area (Å²) in [6.07, 6.45) is -0.936. The molecule has 0 aromatic heterocycles. The molecule has 2 rings (SSSR count). The second-order valence-corrected chi connectivity index (χ2v) is 5.99. The minimum atomic E-state index is -5.98. The Kier molecular flexibility index (Phi) is 5.39. The van der Waals surface area contributed by atoms with Crippen LogP contribution in [0.2, 0.25) is 0 Å². The number of alkyl halides is 7. The third-order valence-electron chi connectivity index (χ3n) is 3.58. The predicted molar refractivity (Wildman–Crippen MR) is 65.5 cm³/mol. The summed E-state index contributed by atoms with van der Waals surface area (Å²) in [6.45, 7) is -3.62. The maximum atomic E-state index is 14.0. The lowest BCUT2D eigenvalue weighted by Crippen LogP contribution is -2.65. The number of hydrogen-bond acceptors (Lipinski definition) is 4. The first-order valence-corrected chi connectivity index (χ1v) is 7.12. The van der Waals surface area contributed by atoms with Crippen molar-refractivity contribution in [2.45, 2.75) is 42.6 Å². The van der Waals surface area contributed by atoms with Crippen LogP contribution in [0.25, 0.3) is 0 Å². The molecule has 0 aromatic rings. The summed E-state index contributed by atoms with van der Waals surface area (Å²) in [4.78, 5) is 0. The van der Waals surface area contributed by atoms with Crippen molar-refractivity contribution in [2.75, 3.05) is 39.6 Å². The van der Waals surface area contributed by atoms with Crippen LogP contribution >= 0.6 is 0 Å². The highest BCUT2D eigenvalue weighted by Crippen LogP contribution is 2.52. The molecule has 2 saturated heterocycles. The van der Waals surface area contributed by atoms with Gasteiger partial charge >= 0.3 is 17.8 Å². The molecule has 0 saturated carbocycles. The van der Waals surface area contributed by atoms with Gasteiger partial charge in [-0.05, 0) is 6.92 Å². The third-order valence-corrected chi connectivity index (χ3v) is 3.58. The first-order chi connectivity index (χ1) is 10.9. The molecule has 0 N–H and O–H groups in total. The molecule has 0 amide bonds. The van der Waals surface area contributed by atoms with Crippen molar-refractivity contribution in [3.8, 4) is 0 Å². The van der Waals surface area contributed by atoms with E-state index in [1.165, 1.54) is 0 Å². The number of epoxide rings is 2. The van der Waals surface area contributed by atoms with Gasteiger partial charge in [0.15, 0.2) is 0 Å². The van der Waals surface area contributed by atoms with E-state index in [9.17, 15) is 30.7 Å². The van der Waals surface area contributed by atoms with Crippen molar-refractivity contribution in [1.29, 1.82) is 0 Å². The zero-order valence-electron chi connectivity index (χ0n) is 12.7. The van der Waals surface area contributed by atoms with Gasteiger partial charge in [0.2, 0.25) is 5.67 Å². The molecule has 3 unspecified atom stereocenters. The standard InChI is InChI=1S/C13H17F7O4/c1-10(14,6-21-2-8-4-23-8)12(17,18)13(19,20)11(15,16)7-22-3-9-5-24-9/h8-9H,2-7H2,1H3. The second-order valence-electron chi connectivity index (χ2n) is 5.99. The molecule has 0 bridgehead atoms. The number of rotatable bonds is 11. The fraction of sp³-hybridized carbons (Fsp3) is 1.00. The van der Waals surface area contributed by atoms with E-state index in [0.717, 1.165) is 0 Å². The van der Waals surface area contributed by atoms with Gasteiger partial charge in [-0.15, -0.1) is 0 Å². The van der Waals surface area contributed by atoms with Crippen molar-refractivity contribution in [3.05, 3.63) is 0 Å². The molecule has 4 nitrogen and oxygen atoms in total. The number of halogens is 7. The average Bonchev–Trinajstić information content (AvgIpc) is 3.32. The molecule has 0 radical (unpaired) electrons. The summed E-state index contributed by atoms with van der Waals surface area (Å²) in [6, 6.07) is 0. The van der Waals surface area contributed by atoms with Gasteiger partial charge in [-0.25, -0.2) is 4.39 Å². The fourth-order valence-electron chi connectivity index (χ4n) is 1.77. The van der Waals surface area contributed by atoms with E-state index >= 15 is 0 Å². The van der Waals surface area contributed by atoms with Gasteiger partial charge in [-0.2, -0.15) is 26.3 Å². The molecule has 3 atom stereocenters. The lowest BCUT2D eigenvalue weighted by Gasteiger charge is -2.38. The van der Waals surface area contributed by atoms with Crippen molar-refractivity contribution in [3.63, 3.8) is 0 Å². The van der Waals surface area contributed by atoms with E-state index in [0.29, 0.717) is 0 Å². The molecule has 0 aromatic carbocycles. The van der Waals surface area contributed by atoms with Crippen molar-refractivity contribution in [2.24, 2.45) is 0 Å². The average molecular weight is 370 g/mol. The van der Waals surface area contributed by atoms with E-state index in [2.05, 4.69) is 18.9 Å². The number of hydrogen-bond donors (Lipinski definition) is 0. The Morgan fingerprint density at radius 1 is 0.792 bits per heavy atom. The number of ether oxygens (including phenoxy) is 4. The van der Waals surface area contributed by atoms with E-state index in [1.54, 1.807) is 0 Å². The Morgan fingerprint density at radius 3 is 1.62 bits per heavy atom. The van der Waals surface area contributed by atoms with E-state index in [-0.39, 0.29) is 26.7 Å². The van der Waals surface area contributed by atoms with E-state index < -0.39 is 55.5 Å². The van der Waals surface area contributed by atoms with Crippen LogP contribution in [0.4, 0.5) is 30.7 Å². The smallest absolute Gasteiger partial charge is 0.375 e. The van der Waals surface area contributed by atoms with Crippen LogP contribution in [0, 0.1) is 0 Å². The minimum Gasteiger partial charge on any atom is -0.375 e. The summed E-state index contributed by atoms with van der Waals surface area (Å²) in [5.74, 6) is -16.9. The predicted octanol–water partition coefficient (Wildman–Crippen LogP) is 2.45. The maximum Gasteiger partial charge on any atom is 0.377 e. The summed E-state index contributed by atoms with van der Waals surface area (Å²) in [5, 5.41) is 0. The highest BCUT2D eigenvalue weighted by atomic mass is 19.3. The maximum absolute atomic E-state index is 14.0. The zero-order chi connectivity index (χ0) is 18.2. The minimum absolute atomic E-state index is 0.0869. The molecule has 142 valence electrons. The highest BCUT2D eigenvalue weighted by molar-refractivity contribution is 5.06. The van der Waals surface area contributed by atoms with Crippen LogP contribution in [-0.2, 0) is 18.9 Å². The Labute approximate surface area is 133 Å². The van der Waals surface area contributed by atoms with Gasteiger partial charge in [0, 0.05) is 0 Å². The summed E-state index contributed by atoms with van der Waals surface area (Å²) in [5.41, 5.74) is -4.02. The fourth-order valence-corrected chi connectivity index (χ4v) is 1.77. The summed E-state index contributed by atoms with van der Waals surface area (Å²) in [7, 11) is 0. The summed E-state index contributed by atoms with van der Waals surface area (Å²) >= 11 is 0. The summed E-state index contributed by atoms with van der Waals surface area (Å²) < 4.78 is 114. The molecule has 24 heavy (non-hydrogen) atoms. The molecular weight excluding hydrogens is 353 g/mol. The normalized spacial score (nSPS) is 27.0. The Balaban J connectivity index is 1.97. The molecule has 11 heteroatoms. The topological polar surface area (TPSA) is 43.5 Å². The molecule has 2 fully saturated rings. The quantitative estimate of drug-likeness (QED) is 0.414. The van der Waals surface area contributed by atoms with Gasteiger partial charge in [0.1, 0.15) is 18.8 Å². The van der Waals surface area contributed by atoms with E-state index in [1.807, 2.05) is 0 Å². The van der Waals surface area contributed by atoms with Gasteiger partial charge in [0.05, 0.1) is 33.0 Å². The van der Waals surface area contributed by atoms with E-state index in [4.69, 9.17) is 0 Å². The van der Waals surface area contributed by atoms with Gasteiger partial charge < -0.3 is 18.9 Å². The van der Waals surface area contributed by atoms with Crippen LogP contribution < -0.4 is 0 Å². The van der Waals surface area contributed by atoms with Crippen molar-refractivity contribution in [1.82, 2.24) is 0 Å². The largest absolute Gasteiger partial charge is 0.377 e. The first kappa shape index (κ1) is 19.7. The molecule has 2 aliphatic rings. The van der Waals surface area contributed by atoms with Gasteiger partial charge in [0.25, 0.3) is 0 Å². The highest BCUT2D eigenvalue weighted by Gasteiger charge is 2.78. The molecule has 0 aliphatic carbocycles. The Morgan fingerprint density at radius 2 is 1.21 bits per heavy atom. The second kappa shape index (κ2) is 6.58. The van der Waals surface area contributed by atoms with Gasteiger partial charge in [-0.1, -0.05) is 0 Å². The van der Waals surface area contributed by atoms with Crippen LogP contribution in [0.3, 0.4) is 0 Å². The van der Waals surface area contributed by atoms with Crippen LogP contribution in [0.5, 0.6) is 0 Å². The molecule has 2 heterocycles. The Hall–Kier alpha value is -0.650. The van der Waals surface area contributed by atoms with Crippen LogP contribution in [-0.4, -0.2) is 75.3 Å². The van der Waals surface area contributed by atoms with Crippen molar-refractivity contribution < 1.29 is 49.7 Å². The monoisotopic (exact) mass is 370 g/mol. The third kappa shape index (κ3) is 4.12. The zero-order valence-corrected chi connectivity index (χ0v) is 12.7. The van der Waals surface area contributed by atoms with Crippen molar-refractivity contribution >= 4 is 0 Å². The molecular formula is C13H17F7O4. The lowest BCUT2D eigenvalue weighted by atomic mass is 9.91. The first-order valence-electron chi connectivity index (χ1n) is 7.12. The Bertz CT molecular complexity index is 396. The molecule has 2 aliphatic heterocycles. The van der Waals surface area contributed by atoms with Crippen LogP contribution in [0.15, 0.2) is 0 Å². The lowest BCUT2D eigenvalue weighted by molar-refractivity contribution is -0.352. The SMILES string of the molecule is CC(F)(COCC1CO1)C(F)(F)C(F)(F)C(F)(F)COCC1CO1. The van der Waals surface area contributed by atoms with Crippen LogP contribution in [0.1, 0.15) is 6.92 Å². The van der Waals surface area contributed by atoms with Gasteiger partial charge in [-0.3, -0.25) is 0 Å². The molecule has 0 spiro atoms.